The van der Waals surface area contributed by atoms with Gasteiger partial charge >= 0.3 is 0 Å². The summed E-state index contributed by atoms with van der Waals surface area (Å²) in [5, 5.41) is 3.77. The van der Waals surface area contributed by atoms with E-state index in [-0.39, 0.29) is 35.1 Å². The summed E-state index contributed by atoms with van der Waals surface area (Å²) < 4.78 is 32.8. The summed E-state index contributed by atoms with van der Waals surface area (Å²) in [5.41, 5.74) is 2.47. The number of nitrogens with zero attached hydrogens (tertiary/aromatic N) is 3. The van der Waals surface area contributed by atoms with Crippen molar-refractivity contribution in [3.05, 3.63) is 41.3 Å². The van der Waals surface area contributed by atoms with E-state index in [2.05, 4.69) is 5.16 Å². The Balaban J connectivity index is 1.59. The van der Waals surface area contributed by atoms with Crippen LogP contribution < -0.4 is 4.90 Å². The number of amides is 1. The van der Waals surface area contributed by atoms with Gasteiger partial charge in [-0.25, -0.2) is 8.42 Å². The molecule has 7 nitrogen and oxygen atoms in total. The molecule has 1 saturated heterocycles. The molecule has 0 bridgehead atoms. The fourth-order valence-corrected chi connectivity index (χ4v) is 6.25. The van der Waals surface area contributed by atoms with Crippen molar-refractivity contribution >= 4 is 21.6 Å². The average molecular weight is 404 g/mol. The van der Waals surface area contributed by atoms with Crippen molar-refractivity contribution in [1.29, 1.82) is 0 Å². The van der Waals surface area contributed by atoms with Crippen LogP contribution in [0, 0.1) is 19.8 Å². The van der Waals surface area contributed by atoms with Crippen LogP contribution in [0.15, 0.2) is 33.7 Å². The van der Waals surface area contributed by atoms with Gasteiger partial charge in [-0.15, -0.1) is 0 Å². The van der Waals surface area contributed by atoms with E-state index in [1.54, 1.807) is 13.8 Å². The van der Waals surface area contributed by atoms with Crippen molar-refractivity contribution < 1.29 is 17.7 Å². The average Bonchev–Trinajstić information content (AvgIpc) is 3.19. The summed E-state index contributed by atoms with van der Waals surface area (Å²) in [6.07, 6.45) is 2.18. The monoisotopic (exact) mass is 403 g/mol. The Kier molecular flexibility index (Phi) is 4.79. The Labute approximate surface area is 165 Å². The lowest BCUT2D eigenvalue weighted by Gasteiger charge is -2.34. The Morgan fingerprint density at radius 2 is 2.00 bits per heavy atom. The van der Waals surface area contributed by atoms with Gasteiger partial charge in [0.05, 0.1) is 5.92 Å². The maximum Gasteiger partial charge on any atom is 0.248 e. The Morgan fingerprint density at radius 1 is 1.25 bits per heavy atom. The van der Waals surface area contributed by atoms with Crippen LogP contribution >= 0.6 is 0 Å². The topological polar surface area (TPSA) is 83.7 Å². The van der Waals surface area contributed by atoms with Crippen molar-refractivity contribution in [2.45, 2.75) is 51.0 Å². The van der Waals surface area contributed by atoms with Crippen LogP contribution in [0.25, 0.3) is 0 Å². The highest BCUT2D eigenvalue weighted by atomic mass is 32.2. The van der Waals surface area contributed by atoms with Crippen LogP contribution in [0.5, 0.6) is 0 Å². The molecule has 2 aliphatic rings. The molecule has 3 heterocycles. The minimum absolute atomic E-state index is 0.0103. The number of fused-ring (bicyclic) bond motifs is 1. The van der Waals surface area contributed by atoms with Gasteiger partial charge in [0, 0.05) is 24.8 Å². The van der Waals surface area contributed by atoms with E-state index < -0.39 is 10.0 Å². The van der Waals surface area contributed by atoms with Crippen LogP contribution in [0.3, 0.4) is 0 Å². The molecule has 0 unspecified atom stereocenters. The predicted molar refractivity (Wildman–Crippen MR) is 105 cm³/mol. The van der Waals surface area contributed by atoms with Gasteiger partial charge in [0.15, 0.2) is 5.76 Å². The number of piperidine rings is 1. The highest BCUT2D eigenvalue weighted by molar-refractivity contribution is 7.89. The fraction of sp³-hybridized carbons (Fsp3) is 0.500. The van der Waals surface area contributed by atoms with Crippen molar-refractivity contribution in [3.8, 4) is 0 Å². The van der Waals surface area contributed by atoms with E-state index >= 15 is 0 Å². The minimum atomic E-state index is -3.74. The van der Waals surface area contributed by atoms with Gasteiger partial charge in [0.2, 0.25) is 15.9 Å². The standard InChI is InChI=1S/C20H25N3O4S/c1-13-11-16-7-4-5-9-18(16)23(13)20(24)17-8-6-10-22(12-17)28(25,26)19-14(2)21-27-15(19)3/h4-5,7,9,13,17H,6,8,10-12H2,1-3H3/t13-,17+/m1/s1. The molecule has 1 fully saturated rings. The number of carbonyl (C=O) groups is 1. The van der Waals surface area contributed by atoms with Crippen molar-refractivity contribution in [3.63, 3.8) is 0 Å². The minimum Gasteiger partial charge on any atom is -0.360 e. The summed E-state index contributed by atoms with van der Waals surface area (Å²) >= 11 is 0. The number of aromatic nitrogens is 1. The first-order valence-electron chi connectivity index (χ1n) is 9.64. The number of rotatable bonds is 3. The molecule has 8 heteroatoms. The Morgan fingerprint density at radius 3 is 2.71 bits per heavy atom. The predicted octanol–water partition coefficient (Wildman–Crippen LogP) is 2.67. The lowest BCUT2D eigenvalue weighted by molar-refractivity contribution is -0.123. The first-order chi connectivity index (χ1) is 13.3. The van der Waals surface area contributed by atoms with E-state index in [0.29, 0.717) is 25.1 Å². The third-order valence-corrected chi connectivity index (χ3v) is 7.85. The Hall–Kier alpha value is -2.19. The number of para-hydroxylation sites is 1. The third-order valence-electron chi connectivity index (χ3n) is 5.74. The smallest absolute Gasteiger partial charge is 0.248 e. The lowest BCUT2D eigenvalue weighted by Crippen LogP contribution is -2.48. The summed E-state index contributed by atoms with van der Waals surface area (Å²) in [5.74, 6) is -0.0539. The number of hydrogen-bond acceptors (Lipinski definition) is 5. The summed E-state index contributed by atoms with van der Waals surface area (Å²) in [7, 11) is -3.74. The van der Waals surface area contributed by atoms with Crippen LogP contribution in [0.1, 0.15) is 36.8 Å². The van der Waals surface area contributed by atoms with Crippen LogP contribution in [0.2, 0.25) is 0 Å². The van der Waals surface area contributed by atoms with Gasteiger partial charge in [-0.2, -0.15) is 4.31 Å². The number of aryl methyl sites for hydroxylation is 2. The number of benzene rings is 1. The molecule has 0 N–H and O–H groups in total. The van der Waals surface area contributed by atoms with Gasteiger partial charge in [-0.05, 0) is 51.7 Å². The molecule has 150 valence electrons. The molecule has 2 aromatic rings. The molecule has 0 radical (unpaired) electrons. The molecule has 2 atom stereocenters. The highest BCUT2D eigenvalue weighted by Gasteiger charge is 2.40. The van der Waals surface area contributed by atoms with Gasteiger partial charge in [0.1, 0.15) is 10.6 Å². The SMILES string of the molecule is Cc1noc(C)c1S(=O)(=O)N1CCC[C@H](C(=O)N2c3ccccc3C[C@H]2C)C1. The molecule has 0 aliphatic carbocycles. The van der Waals surface area contributed by atoms with Crippen LogP contribution in [0.4, 0.5) is 5.69 Å². The molecule has 1 amide bonds. The van der Waals surface area contributed by atoms with E-state index in [1.807, 2.05) is 36.1 Å². The van der Waals surface area contributed by atoms with Gasteiger partial charge in [-0.3, -0.25) is 4.79 Å². The molecule has 1 aromatic carbocycles. The highest BCUT2D eigenvalue weighted by Crippen LogP contribution is 2.35. The molecule has 2 aliphatic heterocycles. The maximum absolute atomic E-state index is 13.3. The second-order valence-electron chi connectivity index (χ2n) is 7.75. The molecule has 28 heavy (non-hydrogen) atoms. The number of anilines is 1. The van der Waals surface area contributed by atoms with Gasteiger partial charge in [0.25, 0.3) is 0 Å². The van der Waals surface area contributed by atoms with Gasteiger partial charge < -0.3 is 9.42 Å². The molecular weight excluding hydrogens is 378 g/mol. The summed E-state index contributed by atoms with van der Waals surface area (Å²) in [6.45, 7) is 5.86. The van der Waals surface area contributed by atoms with Crippen LogP contribution in [-0.2, 0) is 21.2 Å². The van der Waals surface area contributed by atoms with Crippen molar-refractivity contribution in [2.24, 2.45) is 5.92 Å². The maximum atomic E-state index is 13.3. The normalized spacial score (nSPS) is 23.0. The van der Waals surface area contributed by atoms with Crippen molar-refractivity contribution in [2.75, 3.05) is 18.0 Å². The first kappa shape index (κ1) is 19.1. The van der Waals surface area contributed by atoms with Crippen molar-refractivity contribution in [1.82, 2.24) is 9.46 Å². The zero-order valence-corrected chi connectivity index (χ0v) is 17.2. The second-order valence-corrected chi connectivity index (χ2v) is 9.62. The second kappa shape index (κ2) is 7.00. The molecule has 0 saturated carbocycles. The third kappa shape index (κ3) is 3.04. The molecule has 1 aromatic heterocycles. The van der Waals surface area contributed by atoms with E-state index in [4.69, 9.17) is 4.52 Å². The van der Waals surface area contributed by atoms with E-state index in [9.17, 15) is 13.2 Å². The lowest BCUT2D eigenvalue weighted by atomic mass is 9.97. The van der Waals surface area contributed by atoms with Crippen LogP contribution in [-0.4, -0.2) is 42.9 Å². The molecular formula is C20H25N3O4S. The Bertz CT molecular complexity index is 995. The molecule has 4 rings (SSSR count). The summed E-state index contributed by atoms with van der Waals surface area (Å²) in [6, 6.07) is 8.02. The largest absolute Gasteiger partial charge is 0.360 e. The quantitative estimate of drug-likeness (QED) is 0.787. The van der Waals surface area contributed by atoms with Gasteiger partial charge in [-0.1, -0.05) is 23.4 Å². The molecule has 0 spiro atoms. The number of sulfonamides is 1. The number of carbonyl (C=O) groups excluding carboxylic acids is 1. The first-order valence-corrected chi connectivity index (χ1v) is 11.1. The number of hydrogen-bond donors (Lipinski definition) is 0. The van der Waals surface area contributed by atoms with E-state index in [0.717, 1.165) is 12.1 Å². The zero-order valence-electron chi connectivity index (χ0n) is 16.4. The zero-order chi connectivity index (χ0) is 20.1. The van der Waals surface area contributed by atoms with E-state index in [1.165, 1.54) is 9.87 Å². The fourth-order valence-electron chi connectivity index (χ4n) is 4.43. The summed E-state index contributed by atoms with van der Waals surface area (Å²) in [4.78, 5) is 15.3.